The summed E-state index contributed by atoms with van der Waals surface area (Å²) in [5.74, 6) is 0.429. The smallest absolute Gasteiger partial charge is 0.250 e. The third-order valence-corrected chi connectivity index (χ3v) is 3.28. The third kappa shape index (κ3) is 3.35. The Labute approximate surface area is 118 Å². The summed E-state index contributed by atoms with van der Waals surface area (Å²) >= 11 is 0. The second-order valence-corrected chi connectivity index (χ2v) is 4.74. The molecule has 1 amide bonds. The number of ether oxygens (including phenoxy) is 1. The fraction of sp³-hybridized carbons (Fsp3) is 0.250. The molecule has 0 unspecified atom stereocenters. The number of nitrogens with two attached hydrogens (primary N) is 1. The van der Waals surface area contributed by atoms with Crippen LogP contribution in [0.2, 0.25) is 0 Å². The molecule has 2 rings (SSSR count). The Bertz CT molecular complexity index is 624. The minimum atomic E-state index is -0.463. The van der Waals surface area contributed by atoms with Gasteiger partial charge < -0.3 is 10.5 Å². The Morgan fingerprint density at radius 2 is 2.10 bits per heavy atom. The predicted molar refractivity (Wildman–Crippen MR) is 77.9 cm³/mol. The minimum absolute atomic E-state index is 0.425. The van der Waals surface area contributed by atoms with Gasteiger partial charge in [0.15, 0.2) is 0 Å². The molecule has 1 heterocycles. The van der Waals surface area contributed by atoms with Gasteiger partial charge in [0.1, 0.15) is 5.75 Å². The molecule has 4 heteroatoms. The van der Waals surface area contributed by atoms with Gasteiger partial charge in [-0.25, -0.2) is 0 Å². The Morgan fingerprint density at radius 3 is 2.85 bits per heavy atom. The van der Waals surface area contributed by atoms with Crippen molar-refractivity contribution in [3.63, 3.8) is 0 Å². The molecule has 0 bridgehead atoms. The molecule has 0 aliphatic heterocycles. The average Bonchev–Trinajstić information content (AvgIpc) is 2.44. The first kappa shape index (κ1) is 14.1. The number of benzene rings is 1. The van der Waals surface area contributed by atoms with Crippen LogP contribution in [-0.4, -0.2) is 17.5 Å². The molecule has 1 aromatic heterocycles. The van der Waals surface area contributed by atoms with Crippen molar-refractivity contribution in [3.8, 4) is 5.75 Å². The molecule has 0 saturated carbocycles. The van der Waals surface area contributed by atoms with Crippen LogP contribution in [0.5, 0.6) is 5.75 Å². The number of aryl methyl sites for hydroxylation is 1. The van der Waals surface area contributed by atoms with Crippen LogP contribution in [0.4, 0.5) is 0 Å². The van der Waals surface area contributed by atoms with Crippen molar-refractivity contribution in [2.24, 2.45) is 5.73 Å². The summed E-state index contributed by atoms with van der Waals surface area (Å²) < 4.78 is 5.78. The third-order valence-electron chi connectivity index (χ3n) is 3.28. The highest BCUT2D eigenvalue weighted by atomic mass is 16.5. The van der Waals surface area contributed by atoms with E-state index in [1.165, 1.54) is 11.8 Å². The fourth-order valence-corrected chi connectivity index (χ4v) is 1.92. The summed E-state index contributed by atoms with van der Waals surface area (Å²) in [6, 6.07) is 7.75. The number of hydrogen-bond donors (Lipinski definition) is 1. The van der Waals surface area contributed by atoms with E-state index in [-0.39, 0.29) is 0 Å². The molecule has 104 valence electrons. The summed E-state index contributed by atoms with van der Waals surface area (Å²) in [4.78, 5) is 15.1. The molecule has 0 saturated heterocycles. The molecule has 2 aromatic rings. The lowest BCUT2D eigenvalue weighted by atomic mass is 10.1. The van der Waals surface area contributed by atoms with Gasteiger partial charge in [-0.2, -0.15) is 0 Å². The van der Waals surface area contributed by atoms with Gasteiger partial charge in [-0.3, -0.25) is 9.78 Å². The molecule has 0 radical (unpaired) electrons. The highest BCUT2D eigenvalue weighted by Gasteiger charge is 2.04. The zero-order valence-electron chi connectivity index (χ0n) is 11.7. The predicted octanol–water partition coefficient (Wildman–Crippen LogP) is 2.42. The molecule has 0 atom stereocenters. The van der Waals surface area contributed by atoms with E-state index in [2.05, 4.69) is 18.0 Å². The van der Waals surface area contributed by atoms with E-state index in [9.17, 15) is 4.79 Å². The first-order valence-corrected chi connectivity index (χ1v) is 6.50. The molecular weight excluding hydrogens is 252 g/mol. The number of carbonyl (C=O) groups excluding carboxylic acids is 1. The zero-order valence-corrected chi connectivity index (χ0v) is 11.7. The van der Waals surface area contributed by atoms with E-state index in [1.807, 2.05) is 19.1 Å². The van der Waals surface area contributed by atoms with E-state index in [4.69, 9.17) is 10.5 Å². The number of carbonyl (C=O) groups is 1. The van der Waals surface area contributed by atoms with Gasteiger partial charge in [0, 0.05) is 18.8 Å². The fourth-order valence-electron chi connectivity index (χ4n) is 1.92. The topological polar surface area (TPSA) is 65.2 Å². The van der Waals surface area contributed by atoms with Gasteiger partial charge in [-0.1, -0.05) is 12.1 Å². The lowest BCUT2D eigenvalue weighted by Gasteiger charge is -2.10. The second kappa shape index (κ2) is 6.19. The van der Waals surface area contributed by atoms with Gasteiger partial charge in [0.2, 0.25) is 5.91 Å². The minimum Gasteiger partial charge on any atom is -0.493 e. The molecule has 1 aromatic carbocycles. The van der Waals surface area contributed by atoms with Gasteiger partial charge >= 0.3 is 0 Å². The van der Waals surface area contributed by atoms with Crippen LogP contribution in [-0.2, 0) is 6.42 Å². The maximum Gasteiger partial charge on any atom is 0.250 e. The summed E-state index contributed by atoms with van der Waals surface area (Å²) in [6.45, 7) is 4.64. The zero-order chi connectivity index (χ0) is 14.5. The summed E-state index contributed by atoms with van der Waals surface area (Å²) in [7, 11) is 0. The van der Waals surface area contributed by atoms with Crippen LogP contribution in [0, 0.1) is 13.8 Å². The molecule has 2 N–H and O–H groups in total. The van der Waals surface area contributed by atoms with E-state index in [0.29, 0.717) is 18.6 Å². The standard InChI is InChI=1S/C16H18N2O2/c1-11-4-3-5-15(12(11)2)20-7-6-13-8-14(16(17)19)10-18-9-13/h3-5,8-10H,6-7H2,1-2H3,(H2,17,19). The monoisotopic (exact) mass is 270 g/mol. The van der Waals surface area contributed by atoms with E-state index < -0.39 is 5.91 Å². The average molecular weight is 270 g/mol. The maximum atomic E-state index is 11.1. The number of primary amides is 1. The van der Waals surface area contributed by atoms with Crippen LogP contribution in [0.1, 0.15) is 27.0 Å². The molecule has 20 heavy (non-hydrogen) atoms. The number of aromatic nitrogens is 1. The lowest BCUT2D eigenvalue weighted by molar-refractivity contribution is 0.1000. The molecule has 0 aliphatic rings. The molecule has 0 aliphatic carbocycles. The first-order valence-electron chi connectivity index (χ1n) is 6.50. The van der Waals surface area contributed by atoms with Crippen LogP contribution in [0.15, 0.2) is 36.7 Å². The van der Waals surface area contributed by atoms with Crippen molar-refractivity contribution in [2.75, 3.05) is 6.61 Å². The maximum absolute atomic E-state index is 11.1. The van der Waals surface area contributed by atoms with Gasteiger partial charge in [-0.05, 0) is 42.7 Å². The van der Waals surface area contributed by atoms with Crippen molar-refractivity contribution in [3.05, 3.63) is 58.9 Å². The Balaban J connectivity index is 1.98. The van der Waals surface area contributed by atoms with Crippen LogP contribution in [0.3, 0.4) is 0 Å². The normalized spacial score (nSPS) is 10.3. The Hall–Kier alpha value is -2.36. The van der Waals surface area contributed by atoms with Crippen molar-refractivity contribution >= 4 is 5.91 Å². The Morgan fingerprint density at radius 1 is 1.30 bits per heavy atom. The van der Waals surface area contributed by atoms with Crippen LogP contribution >= 0.6 is 0 Å². The second-order valence-electron chi connectivity index (χ2n) is 4.74. The molecule has 4 nitrogen and oxygen atoms in total. The quantitative estimate of drug-likeness (QED) is 0.907. The molecular formula is C16H18N2O2. The number of rotatable bonds is 5. The van der Waals surface area contributed by atoms with E-state index >= 15 is 0 Å². The van der Waals surface area contributed by atoms with Gasteiger partial charge in [-0.15, -0.1) is 0 Å². The van der Waals surface area contributed by atoms with Crippen molar-refractivity contribution in [1.29, 1.82) is 0 Å². The largest absolute Gasteiger partial charge is 0.493 e. The highest BCUT2D eigenvalue weighted by molar-refractivity contribution is 5.92. The van der Waals surface area contributed by atoms with Crippen molar-refractivity contribution < 1.29 is 9.53 Å². The first-order chi connectivity index (χ1) is 9.58. The summed E-state index contributed by atoms with van der Waals surface area (Å²) in [5, 5.41) is 0. The number of nitrogens with zero attached hydrogens (tertiary/aromatic N) is 1. The van der Waals surface area contributed by atoms with Crippen molar-refractivity contribution in [1.82, 2.24) is 4.98 Å². The highest BCUT2D eigenvalue weighted by Crippen LogP contribution is 2.20. The molecule has 0 fully saturated rings. The van der Waals surface area contributed by atoms with Crippen LogP contribution < -0.4 is 10.5 Å². The lowest BCUT2D eigenvalue weighted by Crippen LogP contribution is -2.12. The SMILES string of the molecule is Cc1cccc(OCCc2cncc(C(N)=O)c2)c1C. The molecule has 0 spiro atoms. The summed E-state index contributed by atoms with van der Waals surface area (Å²) in [6.07, 6.45) is 3.87. The van der Waals surface area contributed by atoms with Gasteiger partial charge in [0.25, 0.3) is 0 Å². The van der Waals surface area contributed by atoms with Crippen LogP contribution in [0.25, 0.3) is 0 Å². The Kier molecular flexibility index (Phi) is 4.35. The number of hydrogen-bond acceptors (Lipinski definition) is 3. The van der Waals surface area contributed by atoms with E-state index in [1.54, 1.807) is 12.3 Å². The number of pyridine rings is 1. The number of amides is 1. The van der Waals surface area contributed by atoms with Gasteiger partial charge in [0.05, 0.1) is 12.2 Å². The summed E-state index contributed by atoms with van der Waals surface area (Å²) in [5.41, 5.74) is 8.95. The van der Waals surface area contributed by atoms with Crippen molar-refractivity contribution in [2.45, 2.75) is 20.3 Å². The van der Waals surface area contributed by atoms with E-state index in [0.717, 1.165) is 16.9 Å².